The molecule has 0 radical (unpaired) electrons. The lowest BCUT2D eigenvalue weighted by molar-refractivity contribution is -0.140. The van der Waals surface area contributed by atoms with Gasteiger partial charge < -0.3 is 19.7 Å². The fraction of sp³-hybridized carbons (Fsp3) is 0.462. The summed E-state index contributed by atoms with van der Waals surface area (Å²) >= 11 is 12.4. The molecule has 0 aliphatic heterocycles. The standard InChI is InChI=1S/C26H35Cl2N3O6S/c1-7-22(26(33)29-14-17(2)3)30(15-18-8-9-19(27)12-21(18)28)25(32)16-31(38(6,34)35)20-10-11-23(36-4)24(13-20)37-5/h8-13,17,22H,7,14-16H2,1-6H3,(H,29,33)/t22-/m0/s1. The highest BCUT2D eigenvalue weighted by Gasteiger charge is 2.32. The highest BCUT2D eigenvalue weighted by molar-refractivity contribution is 7.92. The van der Waals surface area contributed by atoms with Gasteiger partial charge in [0.25, 0.3) is 0 Å². The first-order valence-corrected chi connectivity index (χ1v) is 14.6. The molecule has 0 aliphatic carbocycles. The van der Waals surface area contributed by atoms with Gasteiger partial charge in [0.2, 0.25) is 21.8 Å². The van der Waals surface area contributed by atoms with E-state index in [1.54, 1.807) is 31.2 Å². The van der Waals surface area contributed by atoms with Crippen molar-refractivity contribution < 1.29 is 27.5 Å². The molecule has 0 bridgehead atoms. The van der Waals surface area contributed by atoms with Crippen LogP contribution in [0.3, 0.4) is 0 Å². The molecule has 210 valence electrons. The van der Waals surface area contributed by atoms with Gasteiger partial charge in [-0.2, -0.15) is 0 Å². The molecule has 2 rings (SSSR count). The number of hydrogen-bond donors (Lipinski definition) is 1. The minimum absolute atomic E-state index is 0.0218. The van der Waals surface area contributed by atoms with E-state index >= 15 is 0 Å². The lowest BCUT2D eigenvalue weighted by Crippen LogP contribution is -2.52. The fourth-order valence-electron chi connectivity index (χ4n) is 3.77. The molecule has 2 aromatic carbocycles. The van der Waals surface area contributed by atoms with Crippen LogP contribution in [0.25, 0.3) is 0 Å². The molecule has 9 nitrogen and oxygen atoms in total. The second kappa shape index (κ2) is 13.9. The summed E-state index contributed by atoms with van der Waals surface area (Å²) in [5.74, 6) is -0.00479. The Morgan fingerprint density at radius 3 is 2.21 bits per heavy atom. The minimum Gasteiger partial charge on any atom is -0.493 e. The first-order chi connectivity index (χ1) is 17.8. The van der Waals surface area contributed by atoms with E-state index in [0.29, 0.717) is 40.1 Å². The maximum Gasteiger partial charge on any atom is 0.244 e. The molecule has 38 heavy (non-hydrogen) atoms. The SMILES string of the molecule is CC[C@@H](C(=O)NCC(C)C)N(Cc1ccc(Cl)cc1Cl)C(=O)CN(c1ccc(OC)c(OC)c1)S(C)(=O)=O. The van der Waals surface area contributed by atoms with E-state index < -0.39 is 28.5 Å². The number of ether oxygens (including phenoxy) is 2. The predicted octanol–water partition coefficient (Wildman–Crippen LogP) is 4.36. The predicted molar refractivity (Wildman–Crippen MR) is 151 cm³/mol. The summed E-state index contributed by atoms with van der Waals surface area (Å²) in [6, 6.07) is 8.54. The van der Waals surface area contributed by atoms with E-state index in [2.05, 4.69) is 5.32 Å². The molecule has 1 N–H and O–H groups in total. The minimum atomic E-state index is -3.91. The molecule has 0 unspecified atom stereocenters. The van der Waals surface area contributed by atoms with E-state index in [1.165, 1.54) is 31.3 Å². The third-order valence-corrected chi connectivity index (χ3v) is 7.49. The van der Waals surface area contributed by atoms with Crippen LogP contribution in [0, 0.1) is 5.92 Å². The van der Waals surface area contributed by atoms with Crippen LogP contribution >= 0.6 is 23.2 Å². The van der Waals surface area contributed by atoms with Crippen LogP contribution in [0.1, 0.15) is 32.8 Å². The van der Waals surface area contributed by atoms with Crippen molar-refractivity contribution in [2.24, 2.45) is 5.92 Å². The lowest BCUT2D eigenvalue weighted by Gasteiger charge is -2.33. The zero-order valence-electron chi connectivity index (χ0n) is 22.5. The summed E-state index contributed by atoms with van der Waals surface area (Å²) in [6.07, 6.45) is 1.31. The number of nitrogens with zero attached hydrogens (tertiary/aromatic N) is 2. The number of rotatable bonds is 13. The van der Waals surface area contributed by atoms with Crippen LogP contribution in [0.5, 0.6) is 11.5 Å². The fourth-order valence-corrected chi connectivity index (χ4v) is 5.08. The van der Waals surface area contributed by atoms with Crippen molar-refractivity contribution in [1.29, 1.82) is 0 Å². The van der Waals surface area contributed by atoms with E-state index in [9.17, 15) is 18.0 Å². The number of benzene rings is 2. The number of nitrogens with one attached hydrogen (secondary N) is 1. The Morgan fingerprint density at radius 1 is 1.03 bits per heavy atom. The average molecular weight is 589 g/mol. The molecule has 2 amide bonds. The Hall–Kier alpha value is -2.69. The van der Waals surface area contributed by atoms with Gasteiger partial charge in [-0.25, -0.2) is 8.42 Å². The van der Waals surface area contributed by atoms with Crippen LogP contribution < -0.4 is 19.1 Å². The van der Waals surface area contributed by atoms with Crippen LogP contribution in [0.15, 0.2) is 36.4 Å². The van der Waals surface area contributed by atoms with Crippen LogP contribution in [-0.4, -0.2) is 64.7 Å². The summed E-state index contributed by atoms with van der Waals surface area (Å²) in [7, 11) is -1.02. The van der Waals surface area contributed by atoms with Gasteiger partial charge >= 0.3 is 0 Å². The highest BCUT2D eigenvalue weighted by Crippen LogP contribution is 2.32. The molecular weight excluding hydrogens is 553 g/mol. The van der Waals surface area contributed by atoms with Crippen molar-refractivity contribution in [2.45, 2.75) is 39.8 Å². The van der Waals surface area contributed by atoms with Crippen molar-refractivity contribution in [3.05, 3.63) is 52.0 Å². The van der Waals surface area contributed by atoms with Gasteiger partial charge in [-0.05, 0) is 42.2 Å². The summed E-state index contributed by atoms with van der Waals surface area (Å²) in [4.78, 5) is 28.3. The van der Waals surface area contributed by atoms with Crippen LogP contribution in [0.4, 0.5) is 5.69 Å². The Bertz CT molecular complexity index is 1240. The summed E-state index contributed by atoms with van der Waals surface area (Å²) in [5.41, 5.74) is 0.775. The van der Waals surface area contributed by atoms with Gasteiger partial charge in [-0.1, -0.05) is 50.0 Å². The normalized spacial score (nSPS) is 12.1. The van der Waals surface area contributed by atoms with Crippen molar-refractivity contribution in [3.8, 4) is 11.5 Å². The number of methoxy groups -OCH3 is 2. The topological polar surface area (TPSA) is 105 Å². The number of carbonyl (C=O) groups excluding carboxylic acids is 2. The molecule has 0 heterocycles. The molecule has 0 spiro atoms. The highest BCUT2D eigenvalue weighted by atomic mass is 35.5. The molecule has 0 aliphatic rings. The van der Waals surface area contributed by atoms with E-state index in [-0.39, 0.29) is 24.1 Å². The second-order valence-electron chi connectivity index (χ2n) is 9.13. The van der Waals surface area contributed by atoms with Crippen LogP contribution in [-0.2, 0) is 26.2 Å². The molecule has 0 fully saturated rings. The Balaban J connectivity index is 2.50. The maximum absolute atomic E-state index is 13.8. The molecule has 12 heteroatoms. The molecule has 0 saturated carbocycles. The zero-order valence-corrected chi connectivity index (χ0v) is 24.8. The molecular formula is C26H35Cl2N3O6S. The van der Waals surface area contributed by atoms with Gasteiger partial charge in [0.05, 0.1) is 26.2 Å². The summed E-state index contributed by atoms with van der Waals surface area (Å²) in [5, 5.41) is 3.62. The molecule has 2 aromatic rings. The van der Waals surface area contributed by atoms with Gasteiger partial charge in [0.15, 0.2) is 11.5 Å². The number of sulfonamides is 1. The maximum atomic E-state index is 13.8. The first-order valence-electron chi connectivity index (χ1n) is 12.0. The number of anilines is 1. The van der Waals surface area contributed by atoms with Crippen molar-refractivity contribution >= 4 is 50.7 Å². The summed E-state index contributed by atoms with van der Waals surface area (Å²) < 4.78 is 37.1. The van der Waals surface area contributed by atoms with Gasteiger partial charge in [0, 0.05) is 29.2 Å². The van der Waals surface area contributed by atoms with E-state index in [4.69, 9.17) is 32.7 Å². The number of hydrogen-bond acceptors (Lipinski definition) is 6. The van der Waals surface area contributed by atoms with Crippen molar-refractivity contribution in [3.63, 3.8) is 0 Å². The lowest BCUT2D eigenvalue weighted by atomic mass is 10.1. The Morgan fingerprint density at radius 2 is 1.68 bits per heavy atom. The number of amides is 2. The van der Waals surface area contributed by atoms with Gasteiger partial charge in [0.1, 0.15) is 12.6 Å². The Kier molecular flexibility index (Phi) is 11.5. The molecule has 0 aromatic heterocycles. The van der Waals surface area contributed by atoms with Gasteiger partial charge in [-0.15, -0.1) is 0 Å². The first kappa shape index (κ1) is 31.5. The van der Waals surface area contributed by atoms with E-state index in [1.807, 2.05) is 13.8 Å². The quantitative estimate of drug-likeness (QED) is 0.373. The monoisotopic (exact) mass is 587 g/mol. The molecule has 1 atom stereocenters. The largest absolute Gasteiger partial charge is 0.493 e. The summed E-state index contributed by atoms with van der Waals surface area (Å²) in [6.45, 7) is 5.57. The Labute approximate surface area is 235 Å². The van der Waals surface area contributed by atoms with E-state index in [0.717, 1.165) is 10.6 Å². The third kappa shape index (κ3) is 8.41. The second-order valence-corrected chi connectivity index (χ2v) is 11.9. The van der Waals surface area contributed by atoms with Crippen molar-refractivity contribution in [2.75, 3.05) is 37.9 Å². The van der Waals surface area contributed by atoms with Crippen LogP contribution in [0.2, 0.25) is 10.0 Å². The van der Waals surface area contributed by atoms with Gasteiger partial charge in [-0.3, -0.25) is 13.9 Å². The molecule has 0 saturated heterocycles. The number of halogens is 2. The smallest absolute Gasteiger partial charge is 0.244 e. The average Bonchev–Trinajstić information content (AvgIpc) is 2.85. The zero-order chi connectivity index (χ0) is 28.6. The van der Waals surface area contributed by atoms with Crippen molar-refractivity contribution in [1.82, 2.24) is 10.2 Å². The number of carbonyl (C=O) groups is 2. The third-order valence-electron chi connectivity index (χ3n) is 5.76.